The van der Waals surface area contributed by atoms with Gasteiger partial charge in [-0.15, -0.1) is 0 Å². The van der Waals surface area contributed by atoms with Crippen molar-refractivity contribution in [1.29, 1.82) is 0 Å². The maximum atomic E-state index is 6.01. The van der Waals surface area contributed by atoms with Crippen LogP contribution in [0.1, 0.15) is 43.9 Å². The molecule has 4 heteroatoms. The normalized spacial score (nSPS) is 17.0. The van der Waals surface area contributed by atoms with Crippen LogP contribution in [-0.4, -0.2) is 14.5 Å². The van der Waals surface area contributed by atoms with Gasteiger partial charge in [-0.25, -0.2) is 9.97 Å². The highest BCUT2D eigenvalue weighted by Gasteiger charge is 2.42. The van der Waals surface area contributed by atoms with Crippen molar-refractivity contribution < 1.29 is 0 Å². The number of hydrogen-bond donors (Lipinski definition) is 1. The number of anilines is 1. The van der Waals surface area contributed by atoms with Crippen LogP contribution in [0.4, 0.5) is 5.82 Å². The number of aryl methyl sites for hydroxylation is 1. The van der Waals surface area contributed by atoms with Crippen molar-refractivity contribution in [3.05, 3.63) is 17.6 Å². The molecule has 0 spiro atoms. The van der Waals surface area contributed by atoms with E-state index in [4.69, 9.17) is 5.73 Å². The summed E-state index contributed by atoms with van der Waals surface area (Å²) in [6, 6.07) is 0. The molecule has 0 aliphatic heterocycles. The molecule has 0 unspecified atom stereocenters. The Balaban J connectivity index is 2.09. The molecule has 0 radical (unpaired) electrons. The van der Waals surface area contributed by atoms with E-state index in [-0.39, 0.29) is 0 Å². The Bertz CT molecular complexity index is 623. The first kappa shape index (κ1) is 12.5. The maximum Gasteiger partial charge on any atom is 0.145 e. The van der Waals surface area contributed by atoms with Gasteiger partial charge in [0, 0.05) is 12.2 Å². The van der Waals surface area contributed by atoms with Crippen LogP contribution >= 0.6 is 0 Å². The SMILES string of the molecule is CCCC1(Cn2c(C)c(C)c3c(N)ncnc32)CC1. The average Bonchev–Trinajstić information content (AvgIpc) is 3.09. The molecule has 2 heterocycles. The fourth-order valence-electron chi connectivity index (χ4n) is 3.22. The van der Waals surface area contributed by atoms with Crippen molar-refractivity contribution in [2.75, 3.05) is 5.73 Å². The molecule has 0 bridgehead atoms. The quantitative estimate of drug-likeness (QED) is 0.916. The molecular formula is C15H22N4. The molecule has 102 valence electrons. The van der Waals surface area contributed by atoms with Gasteiger partial charge in [0.1, 0.15) is 17.8 Å². The van der Waals surface area contributed by atoms with Gasteiger partial charge in [-0.2, -0.15) is 0 Å². The molecule has 3 rings (SSSR count). The van der Waals surface area contributed by atoms with E-state index >= 15 is 0 Å². The van der Waals surface area contributed by atoms with Crippen LogP contribution < -0.4 is 5.73 Å². The van der Waals surface area contributed by atoms with Crippen LogP contribution in [-0.2, 0) is 6.54 Å². The van der Waals surface area contributed by atoms with Gasteiger partial charge in [0.2, 0.25) is 0 Å². The number of aromatic nitrogens is 3. The highest BCUT2D eigenvalue weighted by atomic mass is 15.1. The summed E-state index contributed by atoms with van der Waals surface area (Å²) in [7, 11) is 0. The molecule has 1 aliphatic rings. The van der Waals surface area contributed by atoms with Gasteiger partial charge in [-0.1, -0.05) is 13.3 Å². The molecule has 4 nitrogen and oxygen atoms in total. The van der Waals surface area contributed by atoms with Gasteiger partial charge in [-0.05, 0) is 44.1 Å². The Morgan fingerprint density at radius 1 is 1.32 bits per heavy atom. The van der Waals surface area contributed by atoms with Crippen LogP contribution in [0.5, 0.6) is 0 Å². The Kier molecular flexibility index (Phi) is 2.77. The van der Waals surface area contributed by atoms with E-state index in [1.807, 2.05) is 0 Å². The zero-order chi connectivity index (χ0) is 13.6. The van der Waals surface area contributed by atoms with Gasteiger partial charge < -0.3 is 10.3 Å². The fourth-order valence-corrected chi connectivity index (χ4v) is 3.22. The molecule has 2 aromatic heterocycles. The van der Waals surface area contributed by atoms with Crippen molar-refractivity contribution in [2.24, 2.45) is 5.41 Å². The van der Waals surface area contributed by atoms with Crippen molar-refractivity contribution in [3.63, 3.8) is 0 Å². The first-order chi connectivity index (χ1) is 9.08. The van der Waals surface area contributed by atoms with Crippen LogP contribution in [0.15, 0.2) is 6.33 Å². The second-order valence-electron chi connectivity index (χ2n) is 6.00. The van der Waals surface area contributed by atoms with E-state index in [0.29, 0.717) is 11.2 Å². The number of hydrogen-bond acceptors (Lipinski definition) is 3. The first-order valence-electron chi connectivity index (χ1n) is 7.14. The summed E-state index contributed by atoms with van der Waals surface area (Å²) in [5, 5.41) is 1.03. The molecule has 1 aliphatic carbocycles. The van der Waals surface area contributed by atoms with Crippen LogP contribution in [0.2, 0.25) is 0 Å². The van der Waals surface area contributed by atoms with Gasteiger partial charge in [0.15, 0.2) is 0 Å². The fraction of sp³-hybridized carbons (Fsp3) is 0.600. The van der Waals surface area contributed by atoms with Crippen LogP contribution in [0.25, 0.3) is 11.0 Å². The van der Waals surface area contributed by atoms with E-state index in [9.17, 15) is 0 Å². The molecule has 2 aromatic rings. The molecule has 1 fully saturated rings. The minimum Gasteiger partial charge on any atom is -0.383 e. The molecule has 0 saturated heterocycles. The molecule has 0 aromatic carbocycles. The zero-order valence-electron chi connectivity index (χ0n) is 12.0. The lowest BCUT2D eigenvalue weighted by molar-refractivity contribution is 0.390. The predicted molar refractivity (Wildman–Crippen MR) is 78.0 cm³/mol. The molecular weight excluding hydrogens is 236 g/mol. The van der Waals surface area contributed by atoms with Crippen molar-refractivity contribution in [3.8, 4) is 0 Å². The smallest absolute Gasteiger partial charge is 0.145 e. The molecule has 19 heavy (non-hydrogen) atoms. The third kappa shape index (κ3) is 1.90. The van der Waals surface area contributed by atoms with Gasteiger partial charge >= 0.3 is 0 Å². The molecule has 2 N–H and O–H groups in total. The Morgan fingerprint density at radius 3 is 2.68 bits per heavy atom. The Hall–Kier alpha value is -1.58. The van der Waals surface area contributed by atoms with Crippen LogP contribution in [0.3, 0.4) is 0 Å². The highest BCUT2D eigenvalue weighted by Crippen LogP contribution is 2.51. The highest BCUT2D eigenvalue weighted by molar-refractivity contribution is 5.90. The van der Waals surface area contributed by atoms with Crippen LogP contribution in [0, 0.1) is 19.3 Å². The Labute approximate surface area is 114 Å². The minimum absolute atomic E-state index is 0.512. The zero-order valence-corrected chi connectivity index (χ0v) is 12.0. The lowest BCUT2D eigenvalue weighted by Gasteiger charge is -2.17. The number of nitrogens with zero attached hydrogens (tertiary/aromatic N) is 3. The number of nitrogen functional groups attached to an aromatic ring is 1. The van der Waals surface area contributed by atoms with E-state index in [0.717, 1.165) is 17.6 Å². The summed E-state index contributed by atoms with van der Waals surface area (Å²) >= 11 is 0. The van der Waals surface area contributed by atoms with E-state index < -0.39 is 0 Å². The first-order valence-corrected chi connectivity index (χ1v) is 7.14. The Morgan fingerprint density at radius 2 is 2.05 bits per heavy atom. The summed E-state index contributed by atoms with van der Waals surface area (Å²) in [6.07, 6.45) is 6.84. The largest absolute Gasteiger partial charge is 0.383 e. The second-order valence-corrected chi connectivity index (χ2v) is 6.00. The monoisotopic (exact) mass is 258 g/mol. The molecule has 0 atom stereocenters. The number of nitrogens with two attached hydrogens (primary N) is 1. The summed E-state index contributed by atoms with van der Waals surface area (Å²) in [6.45, 7) is 7.63. The standard InChI is InChI=1S/C15H22N4/c1-4-5-15(6-7-15)8-19-11(3)10(2)12-13(16)17-9-18-14(12)19/h9H,4-8H2,1-3H3,(H2,16,17,18). The summed E-state index contributed by atoms with van der Waals surface area (Å²) in [4.78, 5) is 8.59. The van der Waals surface area contributed by atoms with Crippen molar-refractivity contribution >= 4 is 16.9 Å². The third-order valence-electron chi connectivity index (χ3n) is 4.67. The second kappa shape index (κ2) is 4.22. The van der Waals surface area contributed by atoms with Gasteiger partial charge in [-0.3, -0.25) is 0 Å². The van der Waals surface area contributed by atoms with Crippen molar-refractivity contribution in [2.45, 2.75) is 53.0 Å². The predicted octanol–water partition coefficient (Wildman–Crippen LogP) is 3.21. The van der Waals surface area contributed by atoms with Gasteiger partial charge in [0.05, 0.1) is 5.39 Å². The lowest BCUT2D eigenvalue weighted by Crippen LogP contribution is -2.13. The topological polar surface area (TPSA) is 56.7 Å². The average molecular weight is 258 g/mol. The third-order valence-corrected chi connectivity index (χ3v) is 4.67. The van der Waals surface area contributed by atoms with Crippen molar-refractivity contribution in [1.82, 2.24) is 14.5 Å². The number of fused-ring (bicyclic) bond motifs is 1. The summed E-state index contributed by atoms with van der Waals surface area (Å²) < 4.78 is 2.35. The number of rotatable bonds is 4. The summed E-state index contributed by atoms with van der Waals surface area (Å²) in [5.74, 6) is 0.602. The molecule has 1 saturated carbocycles. The maximum absolute atomic E-state index is 6.01. The van der Waals surface area contributed by atoms with E-state index in [1.165, 1.54) is 36.9 Å². The van der Waals surface area contributed by atoms with Gasteiger partial charge in [0.25, 0.3) is 0 Å². The molecule has 0 amide bonds. The van der Waals surface area contributed by atoms with E-state index in [1.54, 1.807) is 6.33 Å². The minimum atomic E-state index is 0.512. The van der Waals surface area contributed by atoms with E-state index in [2.05, 4.69) is 35.3 Å². The summed E-state index contributed by atoms with van der Waals surface area (Å²) in [5.41, 5.74) is 10.0. The lowest BCUT2D eigenvalue weighted by atomic mass is 10.0.